The molecule has 1 fully saturated rings. The molecule has 1 aliphatic heterocycles. The molecule has 2 rings (SSSR count). The number of hydrogen-bond acceptors (Lipinski definition) is 3. The highest BCUT2D eigenvalue weighted by atomic mass is 16.3. The fourth-order valence-electron chi connectivity index (χ4n) is 2.22. The number of carbonyl (C=O) groups excluding carboxylic acids is 1. The highest BCUT2D eigenvalue weighted by Crippen LogP contribution is 2.11. The molecule has 0 aromatic heterocycles. The van der Waals surface area contributed by atoms with Gasteiger partial charge in [-0.15, -0.1) is 0 Å². The smallest absolute Gasteiger partial charge is 0.223 e. The van der Waals surface area contributed by atoms with Crippen LogP contribution in [0.25, 0.3) is 0 Å². The number of nitrogens with zero attached hydrogens (tertiary/aromatic N) is 1. The molecular formula is C14H20N2O2. The SMILES string of the molecule is O=C(CCNCc1cccc(O)c1)N1CCCC1. The third-order valence-corrected chi connectivity index (χ3v) is 3.21. The Bertz CT molecular complexity index is 401. The van der Waals surface area contributed by atoms with Crippen LogP contribution in [0.2, 0.25) is 0 Å². The van der Waals surface area contributed by atoms with Gasteiger partial charge in [0.2, 0.25) is 5.91 Å². The van der Waals surface area contributed by atoms with Crippen molar-refractivity contribution in [1.29, 1.82) is 0 Å². The summed E-state index contributed by atoms with van der Waals surface area (Å²) in [5.74, 6) is 0.526. The third kappa shape index (κ3) is 3.74. The van der Waals surface area contributed by atoms with Gasteiger partial charge in [-0.25, -0.2) is 0 Å². The van der Waals surface area contributed by atoms with Gasteiger partial charge in [0.1, 0.15) is 5.75 Å². The van der Waals surface area contributed by atoms with Crippen LogP contribution in [0, 0.1) is 0 Å². The monoisotopic (exact) mass is 248 g/mol. The van der Waals surface area contributed by atoms with Crippen LogP contribution in [0.3, 0.4) is 0 Å². The average molecular weight is 248 g/mol. The molecule has 1 aliphatic rings. The zero-order valence-electron chi connectivity index (χ0n) is 10.6. The van der Waals surface area contributed by atoms with E-state index in [0.717, 1.165) is 31.5 Å². The van der Waals surface area contributed by atoms with Gasteiger partial charge in [0.15, 0.2) is 0 Å². The standard InChI is InChI=1S/C14H20N2O2/c17-13-5-3-4-12(10-13)11-15-7-6-14(18)16-8-1-2-9-16/h3-5,10,15,17H,1-2,6-9,11H2. The van der Waals surface area contributed by atoms with Gasteiger partial charge in [-0.3, -0.25) is 4.79 Å². The van der Waals surface area contributed by atoms with E-state index in [4.69, 9.17) is 0 Å². The number of phenols is 1. The zero-order valence-corrected chi connectivity index (χ0v) is 10.6. The van der Waals surface area contributed by atoms with Crippen LogP contribution in [0.4, 0.5) is 0 Å². The summed E-state index contributed by atoms with van der Waals surface area (Å²) in [6, 6.07) is 7.16. The second kappa shape index (κ2) is 6.40. The molecular weight excluding hydrogens is 228 g/mol. The maximum atomic E-state index is 11.8. The molecule has 0 aliphatic carbocycles. The molecule has 18 heavy (non-hydrogen) atoms. The summed E-state index contributed by atoms with van der Waals surface area (Å²) in [4.78, 5) is 13.7. The van der Waals surface area contributed by atoms with E-state index < -0.39 is 0 Å². The van der Waals surface area contributed by atoms with Crippen molar-refractivity contribution in [2.75, 3.05) is 19.6 Å². The lowest BCUT2D eigenvalue weighted by Gasteiger charge is -2.15. The molecule has 98 valence electrons. The molecule has 0 radical (unpaired) electrons. The minimum absolute atomic E-state index is 0.246. The Labute approximate surface area is 108 Å². The molecule has 1 aromatic carbocycles. The van der Waals surface area contributed by atoms with Gasteiger partial charge in [0, 0.05) is 32.6 Å². The Kier molecular flexibility index (Phi) is 4.59. The fraction of sp³-hybridized carbons (Fsp3) is 0.500. The molecule has 0 atom stereocenters. The number of hydrogen-bond donors (Lipinski definition) is 2. The molecule has 0 unspecified atom stereocenters. The fourth-order valence-corrected chi connectivity index (χ4v) is 2.22. The Balaban J connectivity index is 1.65. The van der Waals surface area contributed by atoms with Crippen molar-refractivity contribution in [3.63, 3.8) is 0 Å². The third-order valence-electron chi connectivity index (χ3n) is 3.21. The second-order valence-corrected chi connectivity index (χ2v) is 4.68. The number of amides is 1. The van der Waals surface area contributed by atoms with Gasteiger partial charge < -0.3 is 15.3 Å². The summed E-state index contributed by atoms with van der Waals surface area (Å²) in [6.07, 6.45) is 2.84. The maximum absolute atomic E-state index is 11.8. The maximum Gasteiger partial charge on any atom is 0.223 e. The van der Waals surface area contributed by atoms with Crippen molar-refractivity contribution in [3.05, 3.63) is 29.8 Å². The normalized spacial score (nSPS) is 15.0. The number of benzene rings is 1. The Morgan fingerprint density at radius 3 is 2.83 bits per heavy atom. The van der Waals surface area contributed by atoms with Gasteiger partial charge in [-0.1, -0.05) is 12.1 Å². The molecule has 1 aromatic rings. The first-order valence-electron chi connectivity index (χ1n) is 6.52. The van der Waals surface area contributed by atoms with E-state index in [-0.39, 0.29) is 11.7 Å². The number of nitrogens with one attached hydrogen (secondary N) is 1. The Morgan fingerprint density at radius 2 is 2.11 bits per heavy atom. The summed E-state index contributed by atoms with van der Waals surface area (Å²) in [6.45, 7) is 3.21. The van der Waals surface area contributed by atoms with Crippen LogP contribution in [0.15, 0.2) is 24.3 Å². The molecule has 1 saturated heterocycles. The molecule has 4 nitrogen and oxygen atoms in total. The van der Waals surface area contributed by atoms with Crippen molar-refractivity contribution in [3.8, 4) is 5.75 Å². The van der Waals surface area contributed by atoms with Gasteiger partial charge in [0.05, 0.1) is 0 Å². The zero-order chi connectivity index (χ0) is 12.8. The van der Waals surface area contributed by atoms with E-state index in [1.807, 2.05) is 17.0 Å². The van der Waals surface area contributed by atoms with Crippen LogP contribution < -0.4 is 5.32 Å². The summed E-state index contributed by atoms with van der Waals surface area (Å²) >= 11 is 0. The lowest BCUT2D eigenvalue weighted by atomic mass is 10.2. The number of carbonyl (C=O) groups is 1. The summed E-state index contributed by atoms with van der Waals surface area (Å²) in [5, 5.41) is 12.5. The predicted molar refractivity (Wildman–Crippen MR) is 70.2 cm³/mol. The highest BCUT2D eigenvalue weighted by molar-refractivity contribution is 5.76. The van der Waals surface area contributed by atoms with E-state index in [0.29, 0.717) is 19.5 Å². The number of likely N-dealkylation sites (tertiary alicyclic amines) is 1. The topological polar surface area (TPSA) is 52.6 Å². The lowest BCUT2D eigenvalue weighted by molar-refractivity contribution is -0.130. The van der Waals surface area contributed by atoms with Crippen LogP contribution in [0.1, 0.15) is 24.8 Å². The van der Waals surface area contributed by atoms with Crippen LogP contribution in [0.5, 0.6) is 5.75 Å². The largest absolute Gasteiger partial charge is 0.508 e. The van der Waals surface area contributed by atoms with Crippen molar-refractivity contribution < 1.29 is 9.90 Å². The van der Waals surface area contributed by atoms with E-state index in [1.54, 1.807) is 12.1 Å². The van der Waals surface area contributed by atoms with E-state index >= 15 is 0 Å². The van der Waals surface area contributed by atoms with Gasteiger partial charge in [-0.05, 0) is 30.5 Å². The molecule has 0 saturated carbocycles. The van der Waals surface area contributed by atoms with E-state index in [2.05, 4.69) is 5.32 Å². The minimum atomic E-state index is 0.246. The molecule has 1 amide bonds. The lowest BCUT2D eigenvalue weighted by Crippen LogP contribution is -2.30. The summed E-state index contributed by atoms with van der Waals surface area (Å²) in [7, 11) is 0. The Morgan fingerprint density at radius 1 is 1.33 bits per heavy atom. The molecule has 2 N–H and O–H groups in total. The Hall–Kier alpha value is -1.55. The molecule has 0 bridgehead atoms. The molecule has 4 heteroatoms. The van der Waals surface area contributed by atoms with Crippen LogP contribution >= 0.6 is 0 Å². The predicted octanol–water partition coefficient (Wildman–Crippen LogP) is 1.49. The average Bonchev–Trinajstić information content (AvgIpc) is 2.88. The van der Waals surface area contributed by atoms with Crippen molar-refractivity contribution in [2.45, 2.75) is 25.8 Å². The molecule has 0 spiro atoms. The minimum Gasteiger partial charge on any atom is -0.508 e. The van der Waals surface area contributed by atoms with Crippen LogP contribution in [-0.2, 0) is 11.3 Å². The van der Waals surface area contributed by atoms with Gasteiger partial charge >= 0.3 is 0 Å². The van der Waals surface area contributed by atoms with Crippen molar-refractivity contribution in [2.24, 2.45) is 0 Å². The second-order valence-electron chi connectivity index (χ2n) is 4.68. The quantitative estimate of drug-likeness (QED) is 0.776. The van der Waals surface area contributed by atoms with E-state index in [9.17, 15) is 9.90 Å². The van der Waals surface area contributed by atoms with Crippen LogP contribution in [-0.4, -0.2) is 35.5 Å². The number of aromatic hydroxyl groups is 1. The molecule has 1 heterocycles. The van der Waals surface area contributed by atoms with Gasteiger partial charge in [0.25, 0.3) is 0 Å². The summed E-state index contributed by atoms with van der Waals surface area (Å²) in [5.41, 5.74) is 1.03. The van der Waals surface area contributed by atoms with Crippen molar-refractivity contribution >= 4 is 5.91 Å². The highest BCUT2D eigenvalue weighted by Gasteiger charge is 2.16. The number of rotatable bonds is 5. The van der Waals surface area contributed by atoms with Gasteiger partial charge in [-0.2, -0.15) is 0 Å². The number of phenolic OH excluding ortho intramolecular Hbond substituents is 1. The summed E-state index contributed by atoms with van der Waals surface area (Å²) < 4.78 is 0. The first kappa shape index (κ1) is 12.9. The van der Waals surface area contributed by atoms with E-state index in [1.165, 1.54) is 0 Å². The first-order chi connectivity index (χ1) is 8.75. The van der Waals surface area contributed by atoms with Crippen molar-refractivity contribution in [1.82, 2.24) is 10.2 Å². The first-order valence-corrected chi connectivity index (χ1v) is 6.52.